The van der Waals surface area contributed by atoms with Crippen LogP contribution in [-0.2, 0) is 6.18 Å². The molecular formula is C16H11F3N2O. The molecule has 0 saturated heterocycles. The topological polar surface area (TPSA) is 48.0 Å². The van der Waals surface area contributed by atoms with Gasteiger partial charge < -0.3 is 10.3 Å². The molecule has 0 saturated carbocycles. The van der Waals surface area contributed by atoms with E-state index in [1.165, 1.54) is 6.07 Å². The second-order valence-corrected chi connectivity index (χ2v) is 4.87. The molecule has 0 unspecified atom stereocenters. The summed E-state index contributed by atoms with van der Waals surface area (Å²) in [5.41, 5.74) is 5.82. The Labute approximate surface area is 123 Å². The summed E-state index contributed by atoms with van der Waals surface area (Å²) in [6.45, 7) is 0. The summed E-state index contributed by atoms with van der Waals surface area (Å²) in [6, 6.07) is 11.6. The largest absolute Gasteiger partial charge is 0.416 e. The Morgan fingerprint density at radius 2 is 1.82 bits per heavy atom. The lowest BCUT2D eigenvalue weighted by Crippen LogP contribution is -2.10. The fourth-order valence-corrected chi connectivity index (χ4v) is 2.34. The Kier molecular flexibility index (Phi) is 3.16. The number of hydrogen-bond donors (Lipinski definition) is 1. The first-order valence-corrected chi connectivity index (χ1v) is 6.45. The number of hydrogen-bond acceptors (Lipinski definition) is 1. The molecule has 0 aliphatic carbocycles. The molecule has 0 fully saturated rings. The van der Waals surface area contributed by atoms with Gasteiger partial charge in [0.1, 0.15) is 0 Å². The molecular weight excluding hydrogens is 293 g/mol. The number of primary amides is 1. The summed E-state index contributed by atoms with van der Waals surface area (Å²) >= 11 is 0. The van der Waals surface area contributed by atoms with Crippen molar-refractivity contribution in [1.29, 1.82) is 0 Å². The molecule has 0 spiro atoms. The van der Waals surface area contributed by atoms with Gasteiger partial charge in [-0.2, -0.15) is 13.2 Å². The van der Waals surface area contributed by atoms with E-state index in [2.05, 4.69) is 0 Å². The lowest BCUT2D eigenvalue weighted by atomic mass is 10.1. The predicted molar refractivity (Wildman–Crippen MR) is 76.8 cm³/mol. The van der Waals surface area contributed by atoms with Gasteiger partial charge in [-0.15, -0.1) is 0 Å². The maximum absolute atomic E-state index is 12.8. The van der Waals surface area contributed by atoms with E-state index in [-0.39, 0.29) is 0 Å². The van der Waals surface area contributed by atoms with Crippen molar-refractivity contribution >= 4 is 16.8 Å². The van der Waals surface area contributed by atoms with Crippen LogP contribution in [0.1, 0.15) is 15.9 Å². The number of alkyl halides is 3. The monoisotopic (exact) mass is 304 g/mol. The van der Waals surface area contributed by atoms with Gasteiger partial charge in [0, 0.05) is 17.4 Å². The number of amides is 1. The lowest BCUT2D eigenvalue weighted by Gasteiger charge is -2.10. The first kappa shape index (κ1) is 14.2. The number of nitrogens with zero attached hydrogens (tertiary/aromatic N) is 1. The van der Waals surface area contributed by atoms with Gasteiger partial charge in [0.05, 0.1) is 11.1 Å². The second kappa shape index (κ2) is 4.91. The Balaban J connectivity index is 2.18. The molecule has 22 heavy (non-hydrogen) atoms. The van der Waals surface area contributed by atoms with E-state index in [4.69, 9.17) is 5.73 Å². The molecule has 0 atom stereocenters. The average molecular weight is 304 g/mol. The van der Waals surface area contributed by atoms with Crippen LogP contribution in [0.5, 0.6) is 0 Å². The maximum Gasteiger partial charge on any atom is 0.416 e. The van der Waals surface area contributed by atoms with E-state index < -0.39 is 17.6 Å². The van der Waals surface area contributed by atoms with Crippen molar-refractivity contribution < 1.29 is 18.0 Å². The van der Waals surface area contributed by atoms with E-state index in [9.17, 15) is 18.0 Å². The van der Waals surface area contributed by atoms with Gasteiger partial charge in [0.2, 0.25) is 5.91 Å². The smallest absolute Gasteiger partial charge is 0.366 e. The standard InChI is InChI=1S/C16H11F3N2O/c17-16(18,19)12-2-1-3-13(9-12)21-7-6-10-4-5-11(15(20)22)8-14(10)21/h1-9H,(H2,20,22). The molecule has 0 aliphatic heterocycles. The van der Waals surface area contributed by atoms with Gasteiger partial charge >= 0.3 is 6.18 Å². The maximum atomic E-state index is 12.8. The number of carbonyl (C=O) groups excluding carboxylic acids is 1. The van der Waals surface area contributed by atoms with Crippen molar-refractivity contribution in [3.05, 3.63) is 65.9 Å². The normalized spacial score (nSPS) is 11.8. The third kappa shape index (κ3) is 2.43. The number of carbonyl (C=O) groups is 1. The number of benzene rings is 2. The molecule has 1 heterocycles. The van der Waals surface area contributed by atoms with Crippen LogP contribution in [0.4, 0.5) is 13.2 Å². The third-order valence-electron chi connectivity index (χ3n) is 3.43. The second-order valence-electron chi connectivity index (χ2n) is 4.87. The number of halogens is 3. The molecule has 0 bridgehead atoms. The Morgan fingerprint density at radius 1 is 1.05 bits per heavy atom. The molecule has 2 aromatic carbocycles. The highest BCUT2D eigenvalue weighted by molar-refractivity contribution is 5.97. The quantitative estimate of drug-likeness (QED) is 0.770. The van der Waals surface area contributed by atoms with Crippen LogP contribution in [-0.4, -0.2) is 10.5 Å². The molecule has 0 aliphatic rings. The zero-order valence-electron chi connectivity index (χ0n) is 11.3. The average Bonchev–Trinajstić information content (AvgIpc) is 2.89. The fraction of sp³-hybridized carbons (Fsp3) is 0.0625. The summed E-state index contributed by atoms with van der Waals surface area (Å²) in [4.78, 5) is 11.3. The van der Waals surface area contributed by atoms with Crippen molar-refractivity contribution in [1.82, 2.24) is 4.57 Å². The van der Waals surface area contributed by atoms with Crippen LogP contribution in [0.25, 0.3) is 16.6 Å². The molecule has 1 aromatic heterocycles. The SMILES string of the molecule is NC(=O)c1ccc2ccn(-c3cccc(C(F)(F)F)c3)c2c1. The minimum absolute atomic E-state index is 0.305. The minimum Gasteiger partial charge on any atom is -0.366 e. The summed E-state index contributed by atoms with van der Waals surface area (Å²) in [7, 11) is 0. The number of fused-ring (bicyclic) bond motifs is 1. The first-order chi connectivity index (χ1) is 10.4. The fourth-order valence-electron chi connectivity index (χ4n) is 2.34. The Hall–Kier alpha value is -2.76. The predicted octanol–water partition coefficient (Wildman–Crippen LogP) is 3.75. The van der Waals surface area contributed by atoms with Crippen LogP contribution >= 0.6 is 0 Å². The summed E-state index contributed by atoms with van der Waals surface area (Å²) in [5, 5.41) is 0.808. The Morgan fingerprint density at radius 3 is 2.50 bits per heavy atom. The Bertz CT molecular complexity index is 865. The third-order valence-corrected chi connectivity index (χ3v) is 3.43. The molecule has 3 rings (SSSR count). The molecule has 2 N–H and O–H groups in total. The summed E-state index contributed by atoms with van der Waals surface area (Å²) in [5.74, 6) is -0.585. The molecule has 3 nitrogen and oxygen atoms in total. The van der Waals surface area contributed by atoms with Crippen molar-refractivity contribution in [3.8, 4) is 5.69 Å². The van der Waals surface area contributed by atoms with E-state index in [1.54, 1.807) is 41.1 Å². The van der Waals surface area contributed by atoms with Gasteiger partial charge in [0.15, 0.2) is 0 Å². The van der Waals surface area contributed by atoms with Crippen LogP contribution in [0.2, 0.25) is 0 Å². The van der Waals surface area contributed by atoms with Crippen LogP contribution in [0.3, 0.4) is 0 Å². The van der Waals surface area contributed by atoms with E-state index in [0.29, 0.717) is 16.8 Å². The van der Waals surface area contributed by atoms with Gasteiger partial charge in [0.25, 0.3) is 0 Å². The summed E-state index contributed by atoms with van der Waals surface area (Å²) in [6.07, 6.45) is -2.75. The summed E-state index contributed by atoms with van der Waals surface area (Å²) < 4.78 is 40.1. The zero-order valence-corrected chi connectivity index (χ0v) is 11.3. The number of nitrogens with two attached hydrogens (primary N) is 1. The van der Waals surface area contributed by atoms with Crippen molar-refractivity contribution in [3.63, 3.8) is 0 Å². The highest BCUT2D eigenvalue weighted by Crippen LogP contribution is 2.31. The molecule has 3 aromatic rings. The van der Waals surface area contributed by atoms with Gasteiger partial charge in [-0.1, -0.05) is 12.1 Å². The molecule has 112 valence electrons. The van der Waals surface area contributed by atoms with Gasteiger partial charge in [-0.05, 0) is 41.8 Å². The van der Waals surface area contributed by atoms with E-state index >= 15 is 0 Å². The van der Waals surface area contributed by atoms with Crippen molar-refractivity contribution in [2.45, 2.75) is 6.18 Å². The lowest BCUT2D eigenvalue weighted by molar-refractivity contribution is -0.137. The van der Waals surface area contributed by atoms with Gasteiger partial charge in [-0.3, -0.25) is 4.79 Å². The van der Waals surface area contributed by atoms with Crippen molar-refractivity contribution in [2.75, 3.05) is 0 Å². The zero-order chi connectivity index (χ0) is 15.9. The number of rotatable bonds is 2. The molecule has 6 heteroatoms. The van der Waals surface area contributed by atoms with Crippen molar-refractivity contribution in [2.24, 2.45) is 5.73 Å². The van der Waals surface area contributed by atoms with Crippen LogP contribution in [0.15, 0.2) is 54.7 Å². The number of aromatic nitrogens is 1. The molecule has 1 amide bonds. The van der Waals surface area contributed by atoms with E-state index in [0.717, 1.165) is 17.5 Å². The minimum atomic E-state index is -4.41. The van der Waals surface area contributed by atoms with Gasteiger partial charge in [-0.25, -0.2) is 0 Å². The highest BCUT2D eigenvalue weighted by Gasteiger charge is 2.30. The first-order valence-electron chi connectivity index (χ1n) is 6.45. The van der Waals surface area contributed by atoms with Crippen LogP contribution < -0.4 is 5.73 Å². The van der Waals surface area contributed by atoms with E-state index in [1.807, 2.05) is 0 Å². The molecule has 0 radical (unpaired) electrons. The van der Waals surface area contributed by atoms with Crippen LogP contribution in [0, 0.1) is 0 Å². The highest BCUT2D eigenvalue weighted by atomic mass is 19.4.